The fourth-order valence-corrected chi connectivity index (χ4v) is 2.02. The molecule has 2 aromatic heterocycles. The van der Waals surface area contributed by atoms with Gasteiger partial charge in [-0.05, 0) is 30.0 Å². The molecule has 3 aromatic rings. The maximum absolute atomic E-state index is 5.82. The van der Waals surface area contributed by atoms with E-state index in [1.54, 1.807) is 6.20 Å². The van der Waals surface area contributed by atoms with Crippen molar-refractivity contribution in [3.8, 4) is 11.1 Å². The van der Waals surface area contributed by atoms with E-state index in [9.17, 15) is 0 Å². The predicted molar refractivity (Wildman–Crippen MR) is 68.5 cm³/mol. The van der Waals surface area contributed by atoms with Crippen molar-refractivity contribution in [2.24, 2.45) is 0 Å². The van der Waals surface area contributed by atoms with Crippen molar-refractivity contribution in [3.63, 3.8) is 0 Å². The van der Waals surface area contributed by atoms with Gasteiger partial charge in [-0.2, -0.15) is 5.10 Å². The highest BCUT2D eigenvalue weighted by atomic mass is 15.1. The molecule has 4 nitrogen and oxygen atoms in total. The molecule has 17 heavy (non-hydrogen) atoms. The van der Waals surface area contributed by atoms with Gasteiger partial charge in [0, 0.05) is 22.8 Å². The van der Waals surface area contributed by atoms with Gasteiger partial charge in [0.15, 0.2) is 0 Å². The standard InChI is InChI=1S/C13H12N4/c1-8-11-3-2-9(6-10(11)4-5-15-8)12-7-16-17-13(12)14/h2-7H,1H3,(H3,14,16,17). The fourth-order valence-electron chi connectivity index (χ4n) is 2.02. The Hall–Kier alpha value is -2.36. The number of nitrogen functional groups attached to an aromatic ring is 1. The summed E-state index contributed by atoms with van der Waals surface area (Å²) in [7, 11) is 0. The molecule has 3 N–H and O–H groups in total. The second kappa shape index (κ2) is 3.59. The monoisotopic (exact) mass is 224 g/mol. The van der Waals surface area contributed by atoms with E-state index in [1.807, 2.05) is 25.3 Å². The van der Waals surface area contributed by atoms with Crippen molar-refractivity contribution < 1.29 is 0 Å². The van der Waals surface area contributed by atoms with Gasteiger partial charge in [0.05, 0.1) is 6.20 Å². The van der Waals surface area contributed by atoms with Crippen LogP contribution in [0.25, 0.3) is 21.9 Å². The number of anilines is 1. The average molecular weight is 224 g/mol. The van der Waals surface area contributed by atoms with Gasteiger partial charge in [-0.25, -0.2) is 0 Å². The van der Waals surface area contributed by atoms with Crippen molar-refractivity contribution in [3.05, 3.63) is 42.4 Å². The summed E-state index contributed by atoms with van der Waals surface area (Å²) in [5.74, 6) is 0.593. The van der Waals surface area contributed by atoms with Gasteiger partial charge in [0.2, 0.25) is 0 Å². The largest absolute Gasteiger partial charge is 0.384 e. The van der Waals surface area contributed by atoms with Crippen LogP contribution in [0.4, 0.5) is 5.82 Å². The molecular formula is C13H12N4. The van der Waals surface area contributed by atoms with E-state index in [4.69, 9.17) is 5.73 Å². The normalized spacial score (nSPS) is 10.9. The van der Waals surface area contributed by atoms with Crippen molar-refractivity contribution in [1.82, 2.24) is 15.2 Å². The average Bonchev–Trinajstić information content (AvgIpc) is 2.75. The van der Waals surface area contributed by atoms with Gasteiger partial charge in [-0.1, -0.05) is 12.1 Å². The highest BCUT2D eigenvalue weighted by Crippen LogP contribution is 2.27. The van der Waals surface area contributed by atoms with E-state index in [0.717, 1.165) is 22.2 Å². The number of fused-ring (bicyclic) bond motifs is 1. The summed E-state index contributed by atoms with van der Waals surface area (Å²) in [6.07, 6.45) is 3.56. The Kier molecular flexibility index (Phi) is 2.08. The molecule has 0 aliphatic rings. The van der Waals surface area contributed by atoms with E-state index in [2.05, 4.69) is 27.3 Å². The van der Waals surface area contributed by atoms with Crippen LogP contribution in [0.15, 0.2) is 36.7 Å². The molecule has 2 heterocycles. The zero-order valence-electron chi connectivity index (χ0n) is 9.44. The molecule has 0 amide bonds. The molecule has 3 rings (SSSR count). The number of nitrogens with one attached hydrogen (secondary N) is 1. The van der Waals surface area contributed by atoms with Crippen LogP contribution in [0.3, 0.4) is 0 Å². The highest BCUT2D eigenvalue weighted by molar-refractivity contribution is 5.89. The maximum Gasteiger partial charge on any atom is 0.126 e. The summed E-state index contributed by atoms with van der Waals surface area (Å²) in [5.41, 5.74) is 8.85. The van der Waals surface area contributed by atoms with Gasteiger partial charge < -0.3 is 5.73 Å². The second-order valence-corrected chi connectivity index (χ2v) is 4.03. The number of aromatic amines is 1. The smallest absolute Gasteiger partial charge is 0.126 e. The quantitative estimate of drug-likeness (QED) is 0.667. The Morgan fingerprint density at radius 3 is 2.88 bits per heavy atom. The summed E-state index contributed by atoms with van der Waals surface area (Å²) >= 11 is 0. The number of pyridine rings is 1. The summed E-state index contributed by atoms with van der Waals surface area (Å²) < 4.78 is 0. The zero-order chi connectivity index (χ0) is 11.8. The summed E-state index contributed by atoms with van der Waals surface area (Å²) in [4.78, 5) is 4.27. The first-order valence-electron chi connectivity index (χ1n) is 5.40. The molecule has 4 heteroatoms. The maximum atomic E-state index is 5.82. The van der Waals surface area contributed by atoms with Crippen LogP contribution >= 0.6 is 0 Å². The lowest BCUT2D eigenvalue weighted by molar-refractivity contribution is 1.10. The minimum absolute atomic E-state index is 0.593. The Morgan fingerprint density at radius 2 is 2.12 bits per heavy atom. The number of rotatable bonds is 1. The van der Waals surface area contributed by atoms with Gasteiger partial charge >= 0.3 is 0 Å². The number of nitrogens with two attached hydrogens (primary N) is 1. The molecule has 0 unspecified atom stereocenters. The van der Waals surface area contributed by atoms with Crippen LogP contribution in [0.5, 0.6) is 0 Å². The van der Waals surface area contributed by atoms with E-state index < -0.39 is 0 Å². The van der Waals surface area contributed by atoms with Crippen LogP contribution < -0.4 is 5.73 Å². The van der Waals surface area contributed by atoms with E-state index in [0.29, 0.717) is 5.82 Å². The lowest BCUT2D eigenvalue weighted by Crippen LogP contribution is -1.88. The zero-order valence-corrected chi connectivity index (χ0v) is 9.44. The first-order chi connectivity index (χ1) is 8.25. The lowest BCUT2D eigenvalue weighted by atomic mass is 10.0. The lowest BCUT2D eigenvalue weighted by Gasteiger charge is -2.04. The first-order valence-corrected chi connectivity index (χ1v) is 5.40. The molecule has 0 saturated heterocycles. The Labute approximate surface area is 98.5 Å². The molecule has 0 saturated carbocycles. The SMILES string of the molecule is Cc1nccc2cc(-c3cn[nH]c3N)ccc12. The van der Waals surface area contributed by atoms with E-state index in [1.165, 1.54) is 5.39 Å². The third kappa shape index (κ3) is 1.54. The van der Waals surface area contributed by atoms with Crippen LogP contribution in [0.1, 0.15) is 5.69 Å². The van der Waals surface area contributed by atoms with Crippen molar-refractivity contribution in [1.29, 1.82) is 0 Å². The number of hydrogen-bond acceptors (Lipinski definition) is 3. The molecule has 0 atom stereocenters. The third-order valence-electron chi connectivity index (χ3n) is 2.94. The Balaban J connectivity index is 2.24. The molecule has 0 aliphatic heterocycles. The van der Waals surface area contributed by atoms with Crippen LogP contribution in [-0.4, -0.2) is 15.2 Å². The van der Waals surface area contributed by atoms with Crippen LogP contribution in [0.2, 0.25) is 0 Å². The highest BCUT2D eigenvalue weighted by Gasteiger charge is 2.06. The molecule has 0 fully saturated rings. The topological polar surface area (TPSA) is 67.6 Å². The van der Waals surface area contributed by atoms with Crippen molar-refractivity contribution in [2.45, 2.75) is 6.92 Å². The number of nitrogens with zero attached hydrogens (tertiary/aromatic N) is 2. The number of aromatic nitrogens is 3. The molecular weight excluding hydrogens is 212 g/mol. The van der Waals surface area contributed by atoms with Crippen LogP contribution in [0, 0.1) is 6.92 Å². The molecule has 0 aliphatic carbocycles. The number of H-pyrrole nitrogens is 1. The minimum atomic E-state index is 0.593. The van der Waals surface area contributed by atoms with Crippen LogP contribution in [-0.2, 0) is 0 Å². The molecule has 0 spiro atoms. The minimum Gasteiger partial charge on any atom is -0.384 e. The number of aryl methyl sites for hydroxylation is 1. The summed E-state index contributed by atoms with van der Waals surface area (Å²) in [6.45, 7) is 2.01. The Bertz CT molecular complexity index is 685. The van der Waals surface area contributed by atoms with Crippen molar-refractivity contribution in [2.75, 3.05) is 5.73 Å². The van der Waals surface area contributed by atoms with Gasteiger partial charge in [-0.3, -0.25) is 10.1 Å². The van der Waals surface area contributed by atoms with Gasteiger partial charge in [0.25, 0.3) is 0 Å². The molecule has 0 bridgehead atoms. The molecule has 1 aromatic carbocycles. The number of hydrogen-bond donors (Lipinski definition) is 2. The number of benzene rings is 1. The van der Waals surface area contributed by atoms with Gasteiger partial charge in [-0.15, -0.1) is 0 Å². The predicted octanol–water partition coefficient (Wildman–Crippen LogP) is 2.52. The van der Waals surface area contributed by atoms with E-state index in [-0.39, 0.29) is 0 Å². The molecule has 84 valence electrons. The summed E-state index contributed by atoms with van der Waals surface area (Å²) in [5, 5.41) is 9.00. The molecule has 0 radical (unpaired) electrons. The van der Waals surface area contributed by atoms with Crippen molar-refractivity contribution >= 4 is 16.6 Å². The van der Waals surface area contributed by atoms with E-state index >= 15 is 0 Å². The van der Waals surface area contributed by atoms with Gasteiger partial charge in [0.1, 0.15) is 5.82 Å². The fraction of sp³-hybridized carbons (Fsp3) is 0.0769. The first kappa shape index (κ1) is 9.84. The third-order valence-corrected chi connectivity index (χ3v) is 2.94. The summed E-state index contributed by atoms with van der Waals surface area (Å²) in [6, 6.07) is 8.21. The second-order valence-electron chi connectivity index (χ2n) is 4.03. The Morgan fingerprint density at radius 1 is 1.24 bits per heavy atom.